The van der Waals surface area contributed by atoms with Crippen molar-refractivity contribution in [1.29, 1.82) is 0 Å². The van der Waals surface area contributed by atoms with E-state index in [9.17, 15) is 24.2 Å². The van der Waals surface area contributed by atoms with Crippen molar-refractivity contribution in [3.8, 4) is 0 Å². The Hall–Kier alpha value is -1.77. The number of carboxylic acid groups (broad SMARTS) is 1. The predicted molar refractivity (Wildman–Crippen MR) is 112 cm³/mol. The molecule has 1 aromatic carbocycles. The standard InChI is InChI=1S/C19H32N3O6P.H2/c1-13(2)18(22-17(23)15(21)12-14-8-4-3-5-9-14)29(26,27)28-16(19(24)25)10-6-7-11-20;/h3-5,8-9,13,15-16,18H,6-7,10-12,20-21H2,1-2H3,(H,22,23)(H,24,25)(H,26,27);1H/t15-,16?,18?;/m1./s1. The molecule has 1 rings (SSSR count). The molecular weight excluding hydrogens is 397 g/mol. The van der Waals surface area contributed by atoms with E-state index in [-0.39, 0.29) is 14.3 Å². The monoisotopic (exact) mass is 431 g/mol. The molecular formula is C19H34N3O6P. The van der Waals surface area contributed by atoms with Crippen LogP contribution >= 0.6 is 7.60 Å². The van der Waals surface area contributed by atoms with Crippen LogP contribution in [0.4, 0.5) is 0 Å². The van der Waals surface area contributed by atoms with Gasteiger partial charge in [-0.1, -0.05) is 44.2 Å². The molecule has 0 spiro atoms. The van der Waals surface area contributed by atoms with E-state index in [1.165, 1.54) is 0 Å². The third kappa shape index (κ3) is 8.64. The number of aliphatic carboxylic acids is 1. The molecule has 0 bridgehead atoms. The molecule has 1 aromatic rings. The third-order valence-electron chi connectivity index (χ3n) is 4.38. The number of hydrogen-bond donors (Lipinski definition) is 5. The van der Waals surface area contributed by atoms with Gasteiger partial charge in [-0.15, -0.1) is 0 Å². The van der Waals surface area contributed by atoms with Crippen LogP contribution in [0.5, 0.6) is 0 Å². The Morgan fingerprint density at radius 2 is 1.86 bits per heavy atom. The molecule has 0 aromatic heterocycles. The lowest BCUT2D eigenvalue weighted by Crippen LogP contribution is -2.48. The summed E-state index contributed by atoms with van der Waals surface area (Å²) in [5, 5.41) is 11.8. The van der Waals surface area contributed by atoms with Gasteiger partial charge in [0.1, 0.15) is 5.78 Å². The number of hydrogen-bond acceptors (Lipinski definition) is 6. The van der Waals surface area contributed by atoms with Gasteiger partial charge in [-0.05, 0) is 43.7 Å². The zero-order valence-corrected chi connectivity index (χ0v) is 17.8. The van der Waals surface area contributed by atoms with Crippen LogP contribution in [-0.2, 0) is 25.1 Å². The summed E-state index contributed by atoms with van der Waals surface area (Å²) < 4.78 is 17.9. The molecule has 0 radical (unpaired) electrons. The van der Waals surface area contributed by atoms with Crippen molar-refractivity contribution in [2.75, 3.05) is 6.54 Å². The van der Waals surface area contributed by atoms with Crippen LogP contribution in [-0.4, -0.2) is 46.3 Å². The number of amides is 1. The minimum Gasteiger partial charge on any atom is -0.479 e. The van der Waals surface area contributed by atoms with Gasteiger partial charge in [0, 0.05) is 1.43 Å². The molecule has 10 heteroatoms. The highest BCUT2D eigenvalue weighted by Gasteiger charge is 2.40. The zero-order valence-electron chi connectivity index (χ0n) is 16.9. The molecule has 9 nitrogen and oxygen atoms in total. The molecule has 0 saturated heterocycles. The van der Waals surface area contributed by atoms with Crippen LogP contribution in [0.2, 0.25) is 0 Å². The summed E-state index contributed by atoms with van der Waals surface area (Å²) in [5.41, 5.74) is 12.2. The first-order valence-electron chi connectivity index (χ1n) is 9.62. The second-order valence-corrected chi connectivity index (χ2v) is 9.17. The van der Waals surface area contributed by atoms with Crippen LogP contribution in [0.3, 0.4) is 0 Å². The first kappa shape index (κ1) is 25.3. The number of carboxylic acids is 1. The summed E-state index contributed by atoms with van der Waals surface area (Å²) >= 11 is 0. The van der Waals surface area contributed by atoms with Crippen LogP contribution in [0.1, 0.15) is 40.1 Å². The number of carbonyl (C=O) groups excluding carboxylic acids is 1. The fourth-order valence-electron chi connectivity index (χ4n) is 2.78. The van der Waals surface area contributed by atoms with E-state index in [0.717, 1.165) is 5.56 Å². The molecule has 0 fully saturated rings. The molecule has 4 atom stereocenters. The summed E-state index contributed by atoms with van der Waals surface area (Å²) in [7, 11) is -4.49. The minimum absolute atomic E-state index is 0. The fraction of sp³-hybridized carbons (Fsp3) is 0.579. The highest BCUT2D eigenvalue weighted by Crippen LogP contribution is 2.50. The van der Waals surface area contributed by atoms with Gasteiger partial charge in [-0.2, -0.15) is 0 Å². The number of carbonyl (C=O) groups is 2. The fourth-order valence-corrected chi connectivity index (χ4v) is 4.52. The van der Waals surface area contributed by atoms with E-state index < -0.39 is 43.3 Å². The highest BCUT2D eigenvalue weighted by atomic mass is 31.2. The second kappa shape index (κ2) is 12.0. The van der Waals surface area contributed by atoms with Crippen molar-refractivity contribution in [1.82, 2.24) is 5.32 Å². The van der Waals surface area contributed by atoms with Crippen LogP contribution in [0.15, 0.2) is 30.3 Å². The maximum absolute atomic E-state index is 12.8. The molecule has 7 N–H and O–H groups in total. The van der Waals surface area contributed by atoms with E-state index in [4.69, 9.17) is 16.0 Å². The Morgan fingerprint density at radius 1 is 1.24 bits per heavy atom. The molecule has 29 heavy (non-hydrogen) atoms. The Balaban J connectivity index is 0.00000841. The number of rotatable bonds is 13. The molecule has 3 unspecified atom stereocenters. The number of nitrogens with one attached hydrogen (secondary N) is 1. The summed E-state index contributed by atoms with van der Waals surface area (Å²) in [5.74, 6) is -3.73. The molecule has 0 saturated carbocycles. The van der Waals surface area contributed by atoms with E-state index >= 15 is 0 Å². The number of unbranched alkanes of at least 4 members (excludes halogenated alkanes) is 1. The Morgan fingerprint density at radius 3 is 2.38 bits per heavy atom. The normalized spacial score (nSPS) is 16.6. The smallest absolute Gasteiger partial charge is 0.351 e. The van der Waals surface area contributed by atoms with Gasteiger partial charge >= 0.3 is 13.6 Å². The average Bonchev–Trinajstić information content (AvgIpc) is 2.65. The molecule has 0 heterocycles. The van der Waals surface area contributed by atoms with Gasteiger partial charge in [0.2, 0.25) is 5.91 Å². The maximum atomic E-state index is 12.8. The zero-order chi connectivity index (χ0) is 22.0. The van der Waals surface area contributed by atoms with Crippen molar-refractivity contribution in [3.63, 3.8) is 0 Å². The van der Waals surface area contributed by atoms with Gasteiger partial charge in [0.05, 0.1) is 6.04 Å². The van der Waals surface area contributed by atoms with Gasteiger partial charge in [0.15, 0.2) is 6.10 Å². The summed E-state index contributed by atoms with van der Waals surface area (Å²) in [4.78, 5) is 34.3. The van der Waals surface area contributed by atoms with Gasteiger partial charge in [-0.3, -0.25) is 13.9 Å². The summed E-state index contributed by atoms with van der Waals surface area (Å²) in [6, 6.07) is 8.21. The summed E-state index contributed by atoms with van der Waals surface area (Å²) in [6.07, 6.45) is -0.155. The largest absolute Gasteiger partial charge is 0.479 e. The third-order valence-corrected chi connectivity index (χ3v) is 6.37. The molecule has 0 aliphatic rings. The first-order chi connectivity index (χ1) is 13.6. The van der Waals surface area contributed by atoms with Crippen LogP contribution < -0.4 is 16.8 Å². The topological polar surface area (TPSA) is 165 Å². The van der Waals surface area contributed by atoms with E-state index in [1.807, 2.05) is 30.3 Å². The van der Waals surface area contributed by atoms with Crippen molar-refractivity contribution < 1.29 is 30.1 Å². The second-order valence-electron chi connectivity index (χ2n) is 7.27. The van der Waals surface area contributed by atoms with Crippen molar-refractivity contribution in [3.05, 3.63) is 35.9 Å². The Labute approximate surface area is 172 Å². The first-order valence-corrected chi connectivity index (χ1v) is 11.3. The van der Waals surface area contributed by atoms with Gasteiger partial charge in [-0.25, -0.2) is 4.79 Å². The lowest BCUT2D eigenvalue weighted by atomic mass is 10.1. The molecule has 166 valence electrons. The Kier molecular flexibility index (Phi) is 10.5. The number of benzene rings is 1. The Bertz CT molecular complexity index is 707. The molecule has 0 aliphatic carbocycles. The molecule has 0 aliphatic heterocycles. The van der Waals surface area contributed by atoms with Crippen molar-refractivity contribution in [2.24, 2.45) is 17.4 Å². The lowest BCUT2D eigenvalue weighted by molar-refractivity contribution is -0.145. The van der Waals surface area contributed by atoms with Gasteiger partial charge in [0.25, 0.3) is 0 Å². The SMILES string of the molecule is CC(C)C(NC(=O)[C@H](N)Cc1ccccc1)P(=O)(O)OC(CCCCN)C(=O)O.[HH]. The summed E-state index contributed by atoms with van der Waals surface area (Å²) in [6.45, 7) is 3.64. The lowest BCUT2D eigenvalue weighted by Gasteiger charge is -2.29. The van der Waals surface area contributed by atoms with E-state index in [0.29, 0.717) is 19.4 Å². The minimum atomic E-state index is -4.49. The maximum Gasteiger partial charge on any atom is 0.351 e. The molecule has 1 amide bonds. The van der Waals surface area contributed by atoms with Crippen LogP contribution in [0, 0.1) is 5.92 Å². The highest BCUT2D eigenvalue weighted by molar-refractivity contribution is 7.53. The van der Waals surface area contributed by atoms with E-state index in [1.54, 1.807) is 13.8 Å². The predicted octanol–water partition coefficient (Wildman–Crippen LogP) is 1.68. The van der Waals surface area contributed by atoms with Crippen molar-refractivity contribution >= 4 is 19.5 Å². The van der Waals surface area contributed by atoms with Gasteiger partial charge < -0.3 is 26.8 Å². The number of nitrogens with two attached hydrogens (primary N) is 2. The quantitative estimate of drug-likeness (QED) is 0.232. The van der Waals surface area contributed by atoms with E-state index in [2.05, 4.69) is 5.32 Å². The van der Waals surface area contributed by atoms with Crippen LogP contribution in [0.25, 0.3) is 0 Å². The average molecular weight is 431 g/mol. The van der Waals surface area contributed by atoms with Crippen molar-refractivity contribution in [2.45, 2.75) is 57.5 Å².